The third-order valence-corrected chi connectivity index (χ3v) is 1.73. The van der Waals surface area contributed by atoms with Crippen molar-refractivity contribution in [1.29, 1.82) is 0 Å². The lowest BCUT2D eigenvalue weighted by molar-refractivity contribution is 0.109. The van der Waals surface area contributed by atoms with Crippen LogP contribution in [0.4, 0.5) is 4.39 Å². The molecule has 82 valence electrons. The predicted octanol–water partition coefficient (Wildman–Crippen LogP) is 2.05. The van der Waals surface area contributed by atoms with Crippen molar-refractivity contribution in [3.63, 3.8) is 0 Å². The molecule has 0 heterocycles. The van der Waals surface area contributed by atoms with Gasteiger partial charge in [0.1, 0.15) is 24.5 Å². The topological polar surface area (TPSA) is 35.5 Å². The van der Waals surface area contributed by atoms with Crippen molar-refractivity contribution in [3.8, 4) is 5.75 Å². The molecule has 0 aromatic heterocycles. The smallest absolute Gasteiger partial charge is 0.150 e. The summed E-state index contributed by atoms with van der Waals surface area (Å²) in [5, 5.41) is 0. The van der Waals surface area contributed by atoms with Crippen LogP contribution in [0, 0.1) is 5.82 Å². The fourth-order valence-corrected chi connectivity index (χ4v) is 1.10. The predicted molar refractivity (Wildman–Crippen MR) is 53.8 cm³/mol. The molecule has 0 aliphatic rings. The molecule has 0 atom stereocenters. The van der Waals surface area contributed by atoms with Gasteiger partial charge in [-0.15, -0.1) is 0 Å². The quantitative estimate of drug-likeness (QED) is 0.534. The van der Waals surface area contributed by atoms with Gasteiger partial charge >= 0.3 is 0 Å². The molecule has 0 radical (unpaired) electrons. The number of rotatable bonds is 6. The van der Waals surface area contributed by atoms with E-state index in [4.69, 9.17) is 9.47 Å². The molecular weight excluding hydrogens is 199 g/mol. The van der Waals surface area contributed by atoms with Crippen LogP contribution >= 0.6 is 0 Å². The highest BCUT2D eigenvalue weighted by atomic mass is 19.1. The number of halogens is 1. The van der Waals surface area contributed by atoms with E-state index in [-0.39, 0.29) is 5.56 Å². The molecule has 0 saturated heterocycles. The molecule has 0 N–H and O–H groups in total. The van der Waals surface area contributed by atoms with Gasteiger partial charge in [-0.25, -0.2) is 4.39 Å². The lowest BCUT2D eigenvalue weighted by Crippen LogP contribution is -2.06. The van der Waals surface area contributed by atoms with Gasteiger partial charge in [-0.3, -0.25) is 4.79 Å². The van der Waals surface area contributed by atoms with Crippen LogP contribution in [0.25, 0.3) is 0 Å². The van der Waals surface area contributed by atoms with Gasteiger partial charge in [0.05, 0.1) is 6.61 Å². The van der Waals surface area contributed by atoms with E-state index < -0.39 is 5.82 Å². The molecule has 0 saturated carbocycles. The molecule has 0 bridgehead atoms. The molecular formula is C11H13FO3. The highest BCUT2D eigenvalue weighted by Crippen LogP contribution is 2.15. The van der Waals surface area contributed by atoms with E-state index in [0.717, 1.165) is 6.07 Å². The Morgan fingerprint density at radius 1 is 1.33 bits per heavy atom. The van der Waals surface area contributed by atoms with Gasteiger partial charge < -0.3 is 9.47 Å². The summed E-state index contributed by atoms with van der Waals surface area (Å²) in [5.74, 6) is -0.136. The zero-order valence-electron chi connectivity index (χ0n) is 8.53. The van der Waals surface area contributed by atoms with Gasteiger partial charge in [0.2, 0.25) is 0 Å². The molecule has 0 aliphatic carbocycles. The average molecular weight is 212 g/mol. The third-order valence-electron chi connectivity index (χ3n) is 1.73. The van der Waals surface area contributed by atoms with Crippen molar-refractivity contribution in [3.05, 3.63) is 29.6 Å². The maximum absolute atomic E-state index is 12.9. The summed E-state index contributed by atoms with van der Waals surface area (Å²) in [7, 11) is 0. The zero-order chi connectivity index (χ0) is 11.1. The Morgan fingerprint density at radius 3 is 2.80 bits per heavy atom. The molecule has 15 heavy (non-hydrogen) atoms. The third kappa shape index (κ3) is 4.08. The highest BCUT2D eigenvalue weighted by molar-refractivity contribution is 5.75. The van der Waals surface area contributed by atoms with E-state index >= 15 is 0 Å². The van der Waals surface area contributed by atoms with E-state index in [1.807, 2.05) is 6.92 Å². The number of hydrogen-bond acceptors (Lipinski definition) is 3. The van der Waals surface area contributed by atoms with E-state index in [1.54, 1.807) is 0 Å². The van der Waals surface area contributed by atoms with E-state index in [2.05, 4.69) is 0 Å². The van der Waals surface area contributed by atoms with Crippen molar-refractivity contribution < 1.29 is 18.7 Å². The summed E-state index contributed by atoms with van der Waals surface area (Å²) >= 11 is 0. The minimum atomic E-state index is -0.481. The molecule has 0 unspecified atom stereocenters. The molecule has 0 fully saturated rings. The lowest BCUT2D eigenvalue weighted by atomic mass is 10.2. The van der Waals surface area contributed by atoms with Crippen LogP contribution < -0.4 is 4.74 Å². The Balaban J connectivity index is 2.53. The second-order valence-corrected chi connectivity index (χ2v) is 2.88. The van der Waals surface area contributed by atoms with Gasteiger partial charge in [-0.2, -0.15) is 0 Å². The maximum atomic E-state index is 12.9. The lowest BCUT2D eigenvalue weighted by Gasteiger charge is -2.06. The maximum Gasteiger partial charge on any atom is 0.150 e. The van der Waals surface area contributed by atoms with E-state index in [9.17, 15) is 9.18 Å². The van der Waals surface area contributed by atoms with Gasteiger partial charge in [0.15, 0.2) is 0 Å². The largest absolute Gasteiger partial charge is 0.491 e. The second-order valence-electron chi connectivity index (χ2n) is 2.88. The van der Waals surface area contributed by atoms with Crippen molar-refractivity contribution in [2.75, 3.05) is 19.8 Å². The van der Waals surface area contributed by atoms with Crippen molar-refractivity contribution in [1.82, 2.24) is 0 Å². The monoisotopic (exact) mass is 212 g/mol. The summed E-state index contributed by atoms with van der Waals surface area (Å²) in [6, 6.07) is 3.88. The van der Waals surface area contributed by atoms with Crippen LogP contribution in [0.2, 0.25) is 0 Å². The summed E-state index contributed by atoms with van der Waals surface area (Å²) in [6.07, 6.45) is 0.582. The zero-order valence-corrected chi connectivity index (χ0v) is 8.53. The first-order chi connectivity index (χ1) is 7.26. The van der Waals surface area contributed by atoms with Crippen LogP contribution in [0.5, 0.6) is 5.75 Å². The van der Waals surface area contributed by atoms with E-state index in [0.29, 0.717) is 31.9 Å². The molecule has 1 aromatic carbocycles. The van der Waals surface area contributed by atoms with Gasteiger partial charge in [-0.1, -0.05) is 0 Å². The highest BCUT2D eigenvalue weighted by Gasteiger charge is 2.00. The first-order valence-electron chi connectivity index (χ1n) is 4.72. The van der Waals surface area contributed by atoms with Crippen LogP contribution in [0.1, 0.15) is 17.3 Å². The Bertz CT molecular complexity index is 326. The molecule has 0 amide bonds. The molecule has 0 spiro atoms. The first kappa shape index (κ1) is 11.7. The van der Waals surface area contributed by atoms with Gasteiger partial charge in [0.25, 0.3) is 0 Å². The van der Waals surface area contributed by atoms with Crippen LogP contribution in [-0.2, 0) is 4.74 Å². The van der Waals surface area contributed by atoms with Crippen LogP contribution in [0.3, 0.4) is 0 Å². The summed E-state index contributed by atoms with van der Waals surface area (Å²) in [5.41, 5.74) is 0.265. The number of carbonyl (C=O) groups excluding carboxylic acids is 1. The fraction of sp³-hybridized carbons (Fsp3) is 0.364. The normalized spacial score (nSPS) is 10.0. The fourth-order valence-electron chi connectivity index (χ4n) is 1.10. The Labute approximate surface area is 87.8 Å². The average Bonchev–Trinajstić information content (AvgIpc) is 2.23. The molecule has 1 rings (SSSR count). The molecule has 4 heteroatoms. The number of carbonyl (C=O) groups is 1. The van der Waals surface area contributed by atoms with Crippen molar-refractivity contribution >= 4 is 6.29 Å². The van der Waals surface area contributed by atoms with Gasteiger partial charge in [-0.05, 0) is 19.1 Å². The summed E-state index contributed by atoms with van der Waals surface area (Å²) in [6.45, 7) is 3.29. The number of benzene rings is 1. The molecule has 1 aromatic rings. The molecule has 0 aliphatic heterocycles. The van der Waals surface area contributed by atoms with Crippen molar-refractivity contribution in [2.45, 2.75) is 6.92 Å². The second kappa shape index (κ2) is 6.14. The Morgan fingerprint density at radius 2 is 2.13 bits per heavy atom. The minimum absolute atomic E-state index is 0.265. The summed E-state index contributed by atoms with van der Waals surface area (Å²) in [4.78, 5) is 10.4. The first-order valence-corrected chi connectivity index (χ1v) is 4.72. The number of ether oxygens (including phenoxy) is 2. The van der Waals surface area contributed by atoms with Crippen molar-refractivity contribution in [2.24, 2.45) is 0 Å². The van der Waals surface area contributed by atoms with Crippen LogP contribution in [-0.4, -0.2) is 26.1 Å². The van der Waals surface area contributed by atoms with Crippen LogP contribution in [0.15, 0.2) is 18.2 Å². The Hall–Kier alpha value is -1.42. The minimum Gasteiger partial charge on any atom is -0.491 e. The standard InChI is InChI=1S/C11H13FO3/c1-2-14-3-4-15-11-6-9(8-13)5-10(12)7-11/h5-8H,2-4H2,1H3. The summed E-state index contributed by atoms with van der Waals surface area (Å²) < 4.78 is 23.2. The molecule has 3 nitrogen and oxygen atoms in total. The number of hydrogen-bond donors (Lipinski definition) is 0. The SMILES string of the molecule is CCOCCOc1cc(F)cc(C=O)c1. The number of aldehydes is 1. The van der Waals surface area contributed by atoms with E-state index in [1.165, 1.54) is 12.1 Å². The van der Waals surface area contributed by atoms with Gasteiger partial charge in [0, 0.05) is 18.2 Å². The Kier molecular flexibility index (Phi) is 4.77.